The Labute approximate surface area is 431 Å². The van der Waals surface area contributed by atoms with E-state index in [0.29, 0.717) is 0 Å². The minimum absolute atomic E-state index is 0.929. The van der Waals surface area contributed by atoms with Crippen LogP contribution in [-0.4, -0.2) is 46.1 Å². The highest BCUT2D eigenvalue weighted by Crippen LogP contribution is 2.69. The van der Waals surface area contributed by atoms with Gasteiger partial charge in [-0.1, -0.05) is 103 Å². The fourth-order valence-electron chi connectivity index (χ4n) is 28.7. The Bertz CT molecular complexity index is 1660. The smallest absolute Gasteiger partial charge is 0.0132 e. The second-order valence-electron chi connectivity index (χ2n) is 31.3. The van der Waals surface area contributed by atoms with E-state index in [0.717, 1.165) is 166 Å². The minimum atomic E-state index is 0.929. The van der Waals surface area contributed by atoms with E-state index < -0.39 is 0 Å². The van der Waals surface area contributed by atoms with Gasteiger partial charge in [0.2, 0.25) is 0 Å². The third-order valence-electron chi connectivity index (χ3n) is 29.9. The molecule has 0 aromatic heterocycles. The number of hydrogen-bond donors (Lipinski definition) is 0. The SMILES string of the molecule is C1CCC(N(C2CCC3C4CCCC5CCCC(C6CCCC2C63)C54)C2CCC3CCC4C5C(CCC2C35)CCC4N(C2CCCCC2)C2CCC3C4CCCC5CCCC(C6CCCC2C63)C54)CC1. The van der Waals surface area contributed by atoms with Crippen molar-refractivity contribution in [3.8, 4) is 0 Å². The normalized spacial score (nSPS) is 56.1. The van der Waals surface area contributed by atoms with Gasteiger partial charge in [0.05, 0.1) is 0 Å². The summed E-state index contributed by atoms with van der Waals surface area (Å²) in [5, 5.41) is 0. The summed E-state index contributed by atoms with van der Waals surface area (Å²) in [5.74, 6) is 24.3. The summed E-state index contributed by atoms with van der Waals surface area (Å²) >= 11 is 0. The topological polar surface area (TPSA) is 6.48 Å². The molecule has 0 aromatic rings. The standard InChI is InChI=1S/C68H108N2/c1-3-17-45(18-4-1)69(61-39-35-53-49-23-9-15-41-13-7-21-47(63(41)49)51-25-11-27-55(61)67(51)53)59-37-31-43-30-34-58-60(38-32-44-29-33-57(59)65(43)66(44)58)70(46-19-5-2-6-20-46)62-40-36-54-50-24-10-16-42-14-8-22-48(64(42)50)52-26-12-28-56(62)68(52)54/h41-68H,1-40H2. The fourth-order valence-corrected chi connectivity index (χ4v) is 28.7. The lowest BCUT2D eigenvalue weighted by molar-refractivity contribution is -0.186. The molecule has 16 aliphatic rings. The molecule has 2 nitrogen and oxygen atoms in total. The maximum Gasteiger partial charge on any atom is 0.0132 e. The van der Waals surface area contributed by atoms with Crippen LogP contribution in [0, 0.1) is 130 Å². The van der Waals surface area contributed by atoms with Crippen LogP contribution in [0.25, 0.3) is 0 Å². The van der Waals surface area contributed by atoms with Gasteiger partial charge in [0.1, 0.15) is 0 Å². The van der Waals surface area contributed by atoms with Crippen molar-refractivity contribution >= 4 is 0 Å². The summed E-state index contributed by atoms with van der Waals surface area (Å²) in [4.78, 5) is 7.26. The van der Waals surface area contributed by atoms with Crippen molar-refractivity contribution in [3.63, 3.8) is 0 Å². The van der Waals surface area contributed by atoms with E-state index in [1.54, 1.807) is 244 Å². The molecular formula is C68H108N2. The van der Waals surface area contributed by atoms with Crippen LogP contribution in [0.15, 0.2) is 0 Å². The van der Waals surface area contributed by atoms with Gasteiger partial charge in [-0.05, 0) is 284 Å². The third kappa shape index (κ3) is 7.17. The Morgan fingerprint density at radius 1 is 0.157 bits per heavy atom. The lowest BCUT2D eigenvalue weighted by Crippen LogP contribution is -2.67. The number of fused-ring (bicyclic) bond motifs is 4. The highest BCUT2D eigenvalue weighted by Gasteiger charge is 2.64. The van der Waals surface area contributed by atoms with Gasteiger partial charge in [-0.3, -0.25) is 9.80 Å². The summed E-state index contributed by atoms with van der Waals surface area (Å²) < 4.78 is 0. The molecule has 0 bridgehead atoms. The Balaban J connectivity index is 0.712. The molecule has 70 heavy (non-hydrogen) atoms. The fraction of sp³-hybridized carbons (Fsp3) is 1.00. The lowest BCUT2D eigenvalue weighted by atomic mass is 9.41. The van der Waals surface area contributed by atoms with Gasteiger partial charge < -0.3 is 0 Å². The zero-order valence-corrected chi connectivity index (χ0v) is 45.3. The average Bonchev–Trinajstić information content (AvgIpc) is 3.43. The van der Waals surface area contributed by atoms with Crippen LogP contribution >= 0.6 is 0 Å². The van der Waals surface area contributed by atoms with Crippen molar-refractivity contribution in [1.82, 2.24) is 9.80 Å². The van der Waals surface area contributed by atoms with Crippen LogP contribution < -0.4 is 0 Å². The predicted octanol–water partition coefficient (Wildman–Crippen LogP) is 17.2. The van der Waals surface area contributed by atoms with E-state index in [1.165, 1.54) is 12.8 Å². The first-order valence-electron chi connectivity index (χ1n) is 34.3. The molecule has 16 rings (SSSR count). The maximum atomic E-state index is 3.63. The zero-order valence-electron chi connectivity index (χ0n) is 45.3. The van der Waals surface area contributed by atoms with Crippen LogP contribution in [0.3, 0.4) is 0 Å². The van der Waals surface area contributed by atoms with Gasteiger partial charge in [0.25, 0.3) is 0 Å². The third-order valence-corrected chi connectivity index (χ3v) is 29.9. The van der Waals surface area contributed by atoms with Gasteiger partial charge >= 0.3 is 0 Å². The van der Waals surface area contributed by atoms with E-state index in [4.69, 9.17) is 0 Å². The molecule has 0 aromatic carbocycles. The first-order valence-corrected chi connectivity index (χ1v) is 34.3. The minimum Gasteiger partial charge on any atom is -0.294 e. The summed E-state index contributed by atoms with van der Waals surface area (Å²) in [6.45, 7) is 0. The highest BCUT2D eigenvalue weighted by atomic mass is 15.2. The number of rotatable bonds is 6. The van der Waals surface area contributed by atoms with Crippen LogP contribution in [-0.2, 0) is 0 Å². The first kappa shape index (κ1) is 46.1. The van der Waals surface area contributed by atoms with E-state index >= 15 is 0 Å². The zero-order chi connectivity index (χ0) is 45.6. The molecular weight excluding hydrogens is 845 g/mol. The average molecular weight is 954 g/mol. The van der Waals surface area contributed by atoms with Gasteiger partial charge in [-0.2, -0.15) is 0 Å². The van der Waals surface area contributed by atoms with Crippen LogP contribution in [0.2, 0.25) is 0 Å². The lowest BCUT2D eigenvalue weighted by Gasteiger charge is -2.68. The molecule has 16 saturated carbocycles. The molecule has 16 aliphatic carbocycles. The Kier molecular flexibility index (Phi) is 12.4. The van der Waals surface area contributed by atoms with Crippen molar-refractivity contribution in [2.75, 3.05) is 0 Å². The molecule has 0 aliphatic heterocycles. The molecule has 26 unspecified atom stereocenters. The molecule has 0 amide bonds. The van der Waals surface area contributed by atoms with Crippen molar-refractivity contribution in [2.45, 2.75) is 293 Å². The summed E-state index contributed by atoms with van der Waals surface area (Å²) in [6.07, 6.45) is 64.1. The number of hydrogen-bond acceptors (Lipinski definition) is 2. The molecule has 390 valence electrons. The van der Waals surface area contributed by atoms with E-state index in [9.17, 15) is 0 Å². The largest absolute Gasteiger partial charge is 0.294 e. The molecule has 16 fully saturated rings. The Morgan fingerprint density at radius 2 is 0.414 bits per heavy atom. The van der Waals surface area contributed by atoms with Crippen LogP contribution in [0.4, 0.5) is 0 Å². The summed E-state index contributed by atoms with van der Waals surface area (Å²) in [6, 6.07) is 5.63. The van der Waals surface area contributed by atoms with E-state index in [2.05, 4.69) is 9.80 Å². The molecule has 0 N–H and O–H groups in total. The summed E-state index contributed by atoms with van der Waals surface area (Å²) in [5.41, 5.74) is 0. The number of nitrogens with zero attached hydrogens (tertiary/aromatic N) is 2. The van der Waals surface area contributed by atoms with Crippen molar-refractivity contribution in [3.05, 3.63) is 0 Å². The highest BCUT2D eigenvalue weighted by molar-refractivity contribution is 5.15. The van der Waals surface area contributed by atoms with E-state index in [1.807, 2.05) is 0 Å². The van der Waals surface area contributed by atoms with Crippen LogP contribution in [0.5, 0.6) is 0 Å². The van der Waals surface area contributed by atoms with Crippen molar-refractivity contribution < 1.29 is 0 Å². The van der Waals surface area contributed by atoms with Crippen LogP contribution in [0.1, 0.15) is 257 Å². The second kappa shape index (κ2) is 18.8. The van der Waals surface area contributed by atoms with Gasteiger partial charge in [0, 0.05) is 36.3 Å². The molecule has 2 heteroatoms. The van der Waals surface area contributed by atoms with Crippen molar-refractivity contribution in [2.24, 2.45) is 130 Å². The Hall–Kier alpha value is -0.0800. The maximum absolute atomic E-state index is 3.63. The van der Waals surface area contributed by atoms with E-state index in [-0.39, 0.29) is 0 Å². The van der Waals surface area contributed by atoms with Gasteiger partial charge in [-0.25, -0.2) is 0 Å². The second-order valence-corrected chi connectivity index (χ2v) is 31.3. The van der Waals surface area contributed by atoms with Crippen molar-refractivity contribution in [1.29, 1.82) is 0 Å². The molecule has 0 saturated heterocycles. The Morgan fingerprint density at radius 3 is 0.800 bits per heavy atom. The predicted molar refractivity (Wildman–Crippen MR) is 288 cm³/mol. The molecule has 0 heterocycles. The molecule has 26 atom stereocenters. The van der Waals surface area contributed by atoms with Gasteiger partial charge in [0.15, 0.2) is 0 Å². The molecule has 0 spiro atoms. The summed E-state index contributed by atoms with van der Waals surface area (Å²) in [7, 11) is 0. The quantitative estimate of drug-likeness (QED) is 0.262. The first-order chi connectivity index (χ1) is 34.8. The monoisotopic (exact) mass is 953 g/mol. The van der Waals surface area contributed by atoms with Gasteiger partial charge in [-0.15, -0.1) is 0 Å². The molecule has 0 radical (unpaired) electrons.